The molecule has 2 heteroatoms. The molecule has 1 nitrogen and oxygen atoms in total. The van der Waals surface area contributed by atoms with Gasteiger partial charge in [0.25, 0.3) is 0 Å². The van der Waals surface area contributed by atoms with Crippen LogP contribution in [0.2, 0.25) is 0 Å². The molecule has 1 N–H and O–H groups in total. The van der Waals surface area contributed by atoms with Gasteiger partial charge in [-0.2, -0.15) is 0 Å². The van der Waals surface area contributed by atoms with E-state index in [0.717, 1.165) is 31.2 Å². The minimum Gasteiger partial charge on any atom is -0.385 e. The summed E-state index contributed by atoms with van der Waals surface area (Å²) in [7, 11) is -0.0455. The Labute approximate surface area is 150 Å². The lowest BCUT2D eigenvalue weighted by Gasteiger charge is -2.22. The van der Waals surface area contributed by atoms with Crippen molar-refractivity contribution in [3.8, 4) is 4.90 Å². The van der Waals surface area contributed by atoms with Crippen molar-refractivity contribution in [3.63, 3.8) is 0 Å². The lowest BCUT2D eigenvalue weighted by Crippen LogP contribution is -2.20. The van der Waals surface area contributed by atoms with E-state index >= 15 is 0 Å². The Morgan fingerprint density at radius 3 is 1.76 bits per heavy atom. The van der Waals surface area contributed by atoms with E-state index in [2.05, 4.69) is 72.8 Å². The third-order valence-corrected chi connectivity index (χ3v) is 7.90. The van der Waals surface area contributed by atoms with Crippen LogP contribution in [0.3, 0.4) is 0 Å². The van der Waals surface area contributed by atoms with Crippen molar-refractivity contribution >= 4 is 30.6 Å². The van der Waals surface area contributed by atoms with Crippen molar-refractivity contribution in [1.29, 1.82) is 0 Å². The molecule has 0 amide bonds. The summed E-state index contributed by atoms with van der Waals surface area (Å²) in [5.41, 5.74) is 0.478. The molecule has 1 heterocycles. The van der Waals surface area contributed by atoms with Crippen LogP contribution in [0.5, 0.6) is 0 Å². The van der Waals surface area contributed by atoms with E-state index in [1.165, 1.54) is 25.1 Å². The Hall–Kier alpha value is -2.16. The summed E-state index contributed by atoms with van der Waals surface area (Å²) in [6.07, 6.45) is 4.04. The highest BCUT2D eigenvalue weighted by Gasteiger charge is 2.33. The van der Waals surface area contributed by atoms with E-state index < -0.39 is 5.60 Å². The van der Waals surface area contributed by atoms with Crippen LogP contribution in [-0.4, -0.2) is 5.11 Å². The maximum Gasteiger partial charge on any atom is 0.187 e. The van der Waals surface area contributed by atoms with Crippen LogP contribution >= 0.6 is 10.5 Å². The molecule has 1 fully saturated rings. The van der Waals surface area contributed by atoms with E-state index in [9.17, 15) is 5.11 Å². The number of hydrogen-bond acceptors (Lipinski definition) is 1. The van der Waals surface area contributed by atoms with Gasteiger partial charge in [-0.05, 0) is 54.8 Å². The van der Waals surface area contributed by atoms with Crippen molar-refractivity contribution in [2.75, 3.05) is 0 Å². The summed E-state index contributed by atoms with van der Waals surface area (Å²) in [6.45, 7) is 0. The van der Waals surface area contributed by atoms with Gasteiger partial charge in [0.05, 0.1) is 5.60 Å². The first-order valence-electron chi connectivity index (χ1n) is 9.02. The van der Waals surface area contributed by atoms with E-state index in [4.69, 9.17) is 0 Å². The first-order valence-corrected chi connectivity index (χ1v) is 10.2. The van der Waals surface area contributed by atoms with Gasteiger partial charge in [-0.15, -0.1) is 0 Å². The van der Waals surface area contributed by atoms with Crippen LogP contribution in [-0.2, 0) is 5.60 Å². The molecule has 1 aliphatic rings. The fourth-order valence-electron chi connectivity index (χ4n) is 4.26. The predicted octanol–water partition coefficient (Wildman–Crippen LogP) is 6.49. The van der Waals surface area contributed by atoms with Gasteiger partial charge >= 0.3 is 0 Å². The van der Waals surface area contributed by atoms with Crippen LogP contribution in [0.1, 0.15) is 31.2 Å². The molecule has 0 aliphatic heterocycles. The highest BCUT2D eigenvalue weighted by Crippen LogP contribution is 2.48. The molecule has 3 aromatic carbocycles. The van der Waals surface area contributed by atoms with E-state index in [1.807, 2.05) is 0 Å². The van der Waals surface area contributed by atoms with E-state index in [-0.39, 0.29) is 10.5 Å². The van der Waals surface area contributed by atoms with Crippen LogP contribution in [0.15, 0.2) is 72.8 Å². The molecule has 0 saturated heterocycles. The number of rotatable bonds is 2. The SMILES string of the molecule is OC1(c2ccc(-[s+]3c4ccccc4c4ccccc43)cc2)CCCC1. The first-order chi connectivity index (χ1) is 12.3. The average Bonchev–Trinajstić information content (AvgIpc) is 3.24. The van der Waals surface area contributed by atoms with Gasteiger partial charge in [-0.1, -0.05) is 49.2 Å². The van der Waals surface area contributed by atoms with Crippen LogP contribution in [0.4, 0.5) is 0 Å². The molecule has 25 heavy (non-hydrogen) atoms. The first kappa shape index (κ1) is 15.1. The molecular weight excluding hydrogens is 324 g/mol. The van der Waals surface area contributed by atoms with Crippen molar-refractivity contribution in [3.05, 3.63) is 78.4 Å². The van der Waals surface area contributed by atoms with E-state index in [1.54, 1.807) is 0 Å². The van der Waals surface area contributed by atoms with Crippen molar-refractivity contribution in [2.24, 2.45) is 0 Å². The Bertz CT molecular complexity index is 999. The lowest BCUT2D eigenvalue weighted by molar-refractivity contribution is 0.0445. The van der Waals surface area contributed by atoms with Crippen LogP contribution in [0.25, 0.3) is 25.1 Å². The highest BCUT2D eigenvalue weighted by atomic mass is 32.2. The van der Waals surface area contributed by atoms with Gasteiger partial charge in [0, 0.05) is 21.2 Å². The largest absolute Gasteiger partial charge is 0.385 e. The summed E-state index contributed by atoms with van der Waals surface area (Å²) in [5, 5.41) is 13.6. The van der Waals surface area contributed by atoms with Gasteiger partial charge in [0.15, 0.2) is 14.3 Å². The third-order valence-electron chi connectivity index (χ3n) is 5.56. The average molecular weight is 345 g/mol. The number of thiophene rings is 1. The maximum absolute atomic E-state index is 10.8. The highest BCUT2D eigenvalue weighted by molar-refractivity contribution is 7.50. The number of aliphatic hydroxyl groups is 1. The Kier molecular flexibility index (Phi) is 3.44. The standard InChI is InChI=1S/C23H21OS/c24-23(15-5-6-16-23)17-11-13-18(14-12-17)25-21-9-3-1-7-19(21)20-8-2-4-10-22(20)25/h1-4,7-14,24H,5-6,15-16H2/q+1. The molecule has 1 aliphatic carbocycles. The Balaban J connectivity index is 1.70. The second-order valence-electron chi connectivity index (χ2n) is 7.06. The van der Waals surface area contributed by atoms with Gasteiger partial charge < -0.3 is 5.11 Å². The maximum atomic E-state index is 10.8. The Morgan fingerprint density at radius 1 is 0.680 bits per heavy atom. The molecule has 4 aromatic rings. The third kappa shape index (κ3) is 2.32. The molecule has 0 unspecified atom stereocenters. The van der Waals surface area contributed by atoms with Crippen LogP contribution in [0, 0.1) is 0 Å². The normalized spacial score (nSPS) is 16.7. The number of benzene rings is 3. The smallest absolute Gasteiger partial charge is 0.187 e. The molecule has 0 atom stereocenters. The van der Waals surface area contributed by atoms with Crippen LogP contribution < -0.4 is 0 Å². The summed E-state index contributed by atoms with van der Waals surface area (Å²) in [6, 6.07) is 26.3. The summed E-state index contributed by atoms with van der Waals surface area (Å²) < 4.78 is 2.83. The fraction of sp³-hybridized carbons (Fsp3) is 0.217. The minimum absolute atomic E-state index is 0.0455. The Morgan fingerprint density at radius 2 is 1.20 bits per heavy atom. The number of fused-ring (bicyclic) bond motifs is 3. The van der Waals surface area contributed by atoms with Crippen molar-refractivity contribution < 1.29 is 5.11 Å². The predicted molar refractivity (Wildman–Crippen MR) is 108 cm³/mol. The summed E-state index contributed by atoms with van der Waals surface area (Å²) >= 11 is 0. The van der Waals surface area contributed by atoms with Gasteiger partial charge in [0.2, 0.25) is 0 Å². The van der Waals surface area contributed by atoms with Gasteiger partial charge in [-0.25, -0.2) is 0 Å². The van der Waals surface area contributed by atoms with Crippen molar-refractivity contribution in [1.82, 2.24) is 0 Å². The fourth-order valence-corrected chi connectivity index (χ4v) is 6.63. The zero-order chi connectivity index (χ0) is 16.9. The molecule has 0 spiro atoms. The molecule has 1 aromatic heterocycles. The molecular formula is C23H21OS+. The van der Waals surface area contributed by atoms with Crippen molar-refractivity contribution in [2.45, 2.75) is 31.3 Å². The topological polar surface area (TPSA) is 20.2 Å². The summed E-state index contributed by atoms with van der Waals surface area (Å²) in [5.74, 6) is 0. The molecule has 1 saturated carbocycles. The van der Waals surface area contributed by atoms with Gasteiger partial charge in [0.1, 0.15) is 0 Å². The lowest BCUT2D eigenvalue weighted by atomic mass is 9.92. The zero-order valence-electron chi connectivity index (χ0n) is 14.1. The molecule has 0 radical (unpaired) electrons. The second kappa shape index (κ2) is 5.69. The molecule has 5 rings (SSSR count). The second-order valence-corrected chi connectivity index (χ2v) is 9.03. The summed E-state index contributed by atoms with van der Waals surface area (Å²) in [4.78, 5) is 1.34. The van der Waals surface area contributed by atoms with Gasteiger partial charge in [-0.3, -0.25) is 0 Å². The quantitative estimate of drug-likeness (QED) is 0.411. The monoisotopic (exact) mass is 345 g/mol. The molecule has 0 bridgehead atoms. The molecule has 124 valence electrons. The van der Waals surface area contributed by atoms with E-state index in [0.29, 0.717) is 0 Å². The zero-order valence-corrected chi connectivity index (χ0v) is 14.9. The number of hydrogen-bond donors (Lipinski definition) is 1. The minimum atomic E-state index is -0.604.